The van der Waals surface area contributed by atoms with Gasteiger partial charge in [-0.05, 0) is 60.6 Å². The molecule has 5 atom stereocenters. The molecule has 1 heteroatoms. The molecule has 22 heavy (non-hydrogen) atoms. The van der Waals surface area contributed by atoms with Crippen LogP contribution in [0.3, 0.4) is 0 Å². The van der Waals surface area contributed by atoms with Crippen LogP contribution >= 0.6 is 0 Å². The van der Waals surface area contributed by atoms with E-state index < -0.39 is 0 Å². The van der Waals surface area contributed by atoms with Crippen molar-refractivity contribution in [1.82, 2.24) is 0 Å². The van der Waals surface area contributed by atoms with E-state index in [9.17, 15) is 4.79 Å². The highest BCUT2D eigenvalue weighted by Gasteiger charge is 2.61. The van der Waals surface area contributed by atoms with Crippen molar-refractivity contribution < 1.29 is 4.79 Å². The van der Waals surface area contributed by atoms with Crippen molar-refractivity contribution in [3.05, 3.63) is 46.0 Å². The Morgan fingerprint density at radius 2 is 2.14 bits per heavy atom. The number of ketones is 1. The number of carbonyl (C=O) groups is 1. The van der Waals surface area contributed by atoms with Crippen LogP contribution in [0, 0.1) is 23.2 Å². The Morgan fingerprint density at radius 1 is 1.23 bits per heavy atom. The number of allylic oxidation sites excluding steroid dienone is 2. The normalized spacial score (nSPS) is 43.6. The minimum absolute atomic E-state index is 0.283. The summed E-state index contributed by atoms with van der Waals surface area (Å²) in [6, 6.07) is 6.80. The smallest absolute Gasteiger partial charge is 0.141 e. The van der Waals surface area contributed by atoms with E-state index in [-0.39, 0.29) is 5.41 Å². The fourth-order valence-corrected chi connectivity index (χ4v) is 7.15. The average molecular weight is 290 g/mol. The molecule has 1 nitrogen and oxygen atoms in total. The predicted octanol–water partition coefficient (Wildman–Crippen LogP) is 4.20. The van der Waals surface area contributed by atoms with Gasteiger partial charge in [-0.2, -0.15) is 0 Å². The third kappa shape index (κ3) is 1.13. The van der Waals surface area contributed by atoms with Crippen LogP contribution in [0.2, 0.25) is 0 Å². The molecule has 6 rings (SSSR count). The van der Waals surface area contributed by atoms with Gasteiger partial charge in [-0.15, -0.1) is 0 Å². The first-order chi connectivity index (χ1) is 10.7. The first kappa shape index (κ1) is 12.1. The molecular formula is C21H22O. The molecule has 0 radical (unpaired) electrons. The Kier molecular flexibility index (Phi) is 1.97. The van der Waals surface area contributed by atoms with Crippen LogP contribution in [0.15, 0.2) is 29.3 Å². The zero-order valence-corrected chi connectivity index (χ0v) is 13.2. The van der Waals surface area contributed by atoms with E-state index in [0.717, 1.165) is 18.3 Å². The van der Waals surface area contributed by atoms with Crippen LogP contribution in [-0.4, -0.2) is 5.78 Å². The molecule has 0 aliphatic heterocycles. The van der Waals surface area contributed by atoms with Gasteiger partial charge in [0.1, 0.15) is 5.78 Å². The molecule has 5 aliphatic rings. The zero-order chi connectivity index (χ0) is 14.6. The number of Topliss-reactive ketones (excluding diaryl/α,β-unsaturated/α-hetero) is 1. The van der Waals surface area contributed by atoms with Crippen molar-refractivity contribution in [2.75, 3.05) is 0 Å². The third-order valence-electron chi connectivity index (χ3n) is 7.84. The quantitative estimate of drug-likeness (QED) is 0.654. The van der Waals surface area contributed by atoms with E-state index >= 15 is 0 Å². The second-order valence-electron chi connectivity index (χ2n) is 8.57. The lowest BCUT2D eigenvalue weighted by molar-refractivity contribution is -0.126. The highest BCUT2D eigenvalue weighted by atomic mass is 16.1. The summed E-state index contributed by atoms with van der Waals surface area (Å²) in [5.41, 5.74) is 8.34. The number of hydrogen-bond donors (Lipinski definition) is 0. The van der Waals surface area contributed by atoms with Gasteiger partial charge in [0.2, 0.25) is 0 Å². The minimum atomic E-state index is 0.283. The average Bonchev–Trinajstić information content (AvgIpc) is 3.15. The van der Waals surface area contributed by atoms with E-state index in [0.29, 0.717) is 24.0 Å². The van der Waals surface area contributed by atoms with Crippen molar-refractivity contribution in [1.29, 1.82) is 0 Å². The first-order valence-electron chi connectivity index (χ1n) is 9.06. The first-order valence-corrected chi connectivity index (χ1v) is 9.06. The number of carbonyl (C=O) groups excluding carboxylic acids is 1. The van der Waals surface area contributed by atoms with E-state index in [4.69, 9.17) is 0 Å². The number of benzene rings is 1. The summed E-state index contributed by atoms with van der Waals surface area (Å²) >= 11 is 0. The highest BCUT2D eigenvalue weighted by Crippen LogP contribution is 2.71. The molecule has 1 spiro atoms. The molecule has 5 aliphatic carbocycles. The van der Waals surface area contributed by atoms with Crippen molar-refractivity contribution >= 4 is 5.78 Å². The van der Waals surface area contributed by atoms with Crippen LogP contribution in [0.5, 0.6) is 0 Å². The third-order valence-corrected chi connectivity index (χ3v) is 7.84. The molecule has 1 saturated carbocycles. The van der Waals surface area contributed by atoms with E-state index in [2.05, 4.69) is 25.1 Å². The predicted molar refractivity (Wildman–Crippen MR) is 85.7 cm³/mol. The number of rotatable bonds is 0. The van der Waals surface area contributed by atoms with E-state index in [1.54, 1.807) is 22.3 Å². The molecule has 0 aromatic heterocycles. The molecule has 1 aromatic carbocycles. The van der Waals surface area contributed by atoms with Gasteiger partial charge in [0.15, 0.2) is 0 Å². The molecule has 1 aromatic rings. The lowest BCUT2D eigenvalue weighted by Crippen LogP contribution is -2.40. The lowest BCUT2D eigenvalue weighted by Gasteiger charge is -2.41. The molecule has 0 amide bonds. The highest BCUT2D eigenvalue weighted by molar-refractivity contribution is 5.88. The second-order valence-corrected chi connectivity index (χ2v) is 8.57. The summed E-state index contributed by atoms with van der Waals surface area (Å²) < 4.78 is 0. The summed E-state index contributed by atoms with van der Waals surface area (Å²) in [5.74, 6) is 3.05. The molecule has 0 heterocycles. The van der Waals surface area contributed by atoms with Gasteiger partial charge in [0.25, 0.3) is 0 Å². The molecular weight excluding hydrogens is 268 g/mol. The van der Waals surface area contributed by atoms with Crippen molar-refractivity contribution in [3.8, 4) is 0 Å². The minimum Gasteiger partial charge on any atom is -0.299 e. The lowest BCUT2D eigenvalue weighted by atomic mass is 9.61. The SMILES string of the molecule is CC1CC2=C3C4CCC2(C4)C2Cc4c(cccc4C31)CC2=O. The van der Waals surface area contributed by atoms with E-state index in [1.165, 1.54) is 31.2 Å². The van der Waals surface area contributed by atoms with Gasteiger partial charge in [-0.3, -0.25) is 4.79 Å². The van der Waals surface area contributed by atoms with Crippen molar-refractivity contribution in [2.24, 2.45) is 23.2 Å². The molecule has 5 unspecified atom stereocenters. The summed E-state index contributed by atoms with van der Waals surface area (Å²) in [6.45, 7) is 2.45. The molecule has 1 fully saturated rings. The van der Waals surface area contributed by atoms with Crippen LogP contribution in [0.4, 0.5) is 0 Å². The summed E-state index contributed by atoms with van der Waals surface area (Å²) in [5, 5.41) is 0. The zero-order valence-electron chi connectivity index (χ0n) is 13.2. The maximum absolute atomic E-state index is 13.0. The van der Waals surface area contributed by atoms with Crippen molar-refractivity contribution in [2.45, 2.75) is 51.4 Å². The van der Waals surface area contributed by atoms with Crippen LogP contribution in [0.25, 0.3) is 0 Å². The summed E-state index contributed by atoms with van der Waals surface area (Å²) in [4.78, 5) is 13.0. The number of fused-ring (bicyclic) bond motifs is 3. The standard InChI is InChI=1S/C21H22O/c1-11-7-17-20-13-5-6-21(17,10-13)16-9-15-12(8-18(16)22)3-2-4-14(15)19(11)20/h2-4,11,13,16,19H,5-10H2,1H3. The maximum Gasteiger partial charge on any atom is 0.141 e. The number of hydrogen-bond acceptors (Lipinski definition) is 1. The maximum atomic E-state index is 13.0. The topological polar surface area (TPSA) is 17.1 Å². The van der Waals surface area contributed by atoms with Crippen molar-refractivity contribution in [3.63, 3.8) is 0 Å². The fourth-order valence-electron chi connectivity index (χ4n) is 7.15. The fraction of sp³-hybridized carbons (Fsp3) is 0.571. The Labute approximate surface area is 131 Å². The molecule has 7 bridgehead atoms. The molecule has 0 saturated heterocycles. The van der Waals surface area contributed by atoms with Gasteiger partial charge >= 0.3 is 0 Å². The van der Waals surface area contributed by atoms with Gasteiger partial charge in [-0.25, -0.2) is 0 Å². The van der Waals surface area contributed by atoms with Crippen LogP contribution in [0.1, 0.15) is 55.2 Å². The van der Waals surface area contributed by atoms with Gasteiger partial charge in [0, 0.05) is 23.7 Å². The molecule has 0 N–H and O–H groups in total. The van der Waals surface area contributed by atoms with E-state index in [1.807, 2.05) is 0 Å². The van der Waals surface area contributed by atoms with Gasteiger partial charge < -0.3 is 0 Å². The Bertz CT molecular complexity index is 770. The largest absolute Gasteiger partial charge is 0.299 e. The Balaban J connectivity index is 1.72. The Hall–Kier alpha value is -1.37. The second kappa shape index (κ2) is 3.58. The van der Waals surface area contributed by atoms with Crippen LogP contribution < -0.4 is 0 Å². The summed E-state index contributed by atoms with van der Waals surface area (Å²) in [6.07, 6.45) is 6.95. The summed E-state index contributed by atoms with van der Waals surface area (Å²) in [7, 11) is 0. The molecule has 112 valence electrons. The Morgan fingerprint density at radius 3 is 3.05 bits per heavy atom. The van der Waals surface area contributed by atoms with Crippen LogP contribution in [-0.2, 0) is 17.6 Å². The monoisotopic (exact) mass is 290 g/mol. The van der Waals surface area contributed by atoms with Gasteiger partial charge in [-0.1, -0.05) is 36.3 Å². The van der Waals surface area contributed by atoms with Gasteiger partial charge in [0.05, 0.1) is 0 Å².